The van der Waals surface area contributed by atoms with Gasteiger partial charge in [-0.05, 0) is 73.0 Å². The van der Waals surface area contributed by atoms with Crippen LogP contribution in [0.3, 0.4) is 0 Å². The van der Waals surface area contributed by atoms with E-state index in [9.17, 15) is 14.9 Å². The van der Waals surface area contributed by atoms with Crippen molar-refractivity contribution in [3.8, 4) is 5.69 Å². The summed E-state index contributed by atoms with van der Waals surface area (Å²) in [6.07, 6.45) is 3.54. The fourth-order valence-electron chi connectivity index (χ4n) is 3.25. The lowest BCUT2D eigenvalue weighted by atomic mass is 10.1. The predicted octanol–water partition coefficient (Wildman–Crippen LogP) is 5.08. The molecule has 0 amide bonds. The second-order valence-electron chi connectivity index (χ2n) is 7.08. The first-order valence-electron chi connectivity index (χ1n) is 9.46. The lowest BCUT2D eigenvalue weighted by Gasteiger charge is -2.13. The van der Waals surface area contributed by atoms with E-state index in [1.165, 1.54) is 12.1 Å². The summed E-state index contributed by atoms with van der Waals surface area (Å²) < 4.78 is 1.59. The van der Waals surface area contributed by atoms with Gasteiger partial charge in [0.25, 0.3) is 11.2 Å². The average molecular weight is 397 g/mol. The van der Waals surface area contributed by atoms with E-state index in [4.69, 9.17) is 4.98 Å². The highest BCUT2D eigenvalue weighted by molar-refractivity contribution is 5.80. The van der Waals surface area contributed by atoms with E-state index in [0.29, 0.717) is 16.7 Å². The van der Waals surface area contributed by atoms with Crippen molar-refractivity contribution >= 4 is 28.7 Å². The van der Waals surface area contributed by atoms with Crippen LogP contribution in [0.4, 0.5) is 5.69 Å². The number of fused-ring (bicyclic) bond motifs is 1. The maximum atomic E-state index is 13.3. The summed E-state index contributed by atoms with van der Waals surface area (Å²) in [5.41, 5.74) is 4.24. The summed E-state index contributed by atoms with van der Waals surface area (Å²) in [5.74, 6) is 0.486. The molecule has 30 heavy (non-hydrogen) atoms. The molecule has 6 nitrogen and oxygen atoms in total. The Labute approximate surface area is 172 Å². The first kappa shape index (κ1) is 19.3. The first-order valence-corrected chi connectivity index (χ1v) is 9.46. The fourth-order valence-corrected chi connectivity index (χ4v) is 3.25. The van der Waals surface area contributed by atoms with E-state index in [0.717, 1.165) is 22.4 Å². The third kappa shape index (κ3) is 3.63. The summed E-state index contributed by atoms with van der Waals surface area (Å²) in [5, 5.41) is 11.4. The van der Waals surface area contributed by atoms with E-state index in [1.807, 2.05) is 50.2 Å². The minimum atomic E-state index is -0.435. The SMILES string of the molecule is Cc1ccc(-n2c(/C=C/c3ccc([N+](=O)[O-])cc3)nc3ccccc3c2=O)cc1C. The minimum absolute atomic E-state index is 0.0306. The molecular weight excluding hydrogens is 378 g/mol. The lowest BCUT2D eigenvalue weighted by Crippen LogP contribution is -2.22. The Morgan fingerprint density at radius 2 is 1.67 bits per heavy atom. The van der Waals surface area contributed by atoms with Gasteiger partial charge in [0.2, 0.25) is 0 Å². The summed E-state index contributed by atoms with van der Waals surface area (Å²) >= 11 is 0. The van der Waals surface area contributed by atoms with Crippen LogP contribution in [0, 0.1) is 24.0 Å². The quantitative estimate of drug-likeness (QED) is 0.355. The molecule has 4 aromatic rings. The van der Waals surface area contributed by atoms with Crippen molar-refractivity contribution in [2.24, 2.45) is 0 Å². The van der Waals surface area contributed by atoms with Crippen LogP contribution in [0.25, 0.3) is 28.7 Å². The largest absolute Gasteiger partial charge is 0.269 e. The molecule has 0 saturated heterocycles. The van der Waals surface area contributed by atoms with Crippen molar-refractivity contribution in [3.63, 3.8) is 0 Å². The van der Waals surface area contributed by atoms with Crippen LogP contribution in [0.1, 0.15) is 22.5 Å². The number of aryl methyl sites for hydroxylation is 2. The number of nitro groups is 1. The van der Waals surface area contributed by atoms with Gasteiger partial charge in [-0.2, -0.15) is 0 Å². The van der Waals surface area contributed by atoms with Gasteiger partial charge in [0.15, 0.2) is 0 Å². The Balaban J connectivity index is 1.88. The van der Waals surface area contributed by atoms with Crippen molar-refractivity contribution in [3.05, 3.63) is 110 Å². The zero-order valence-electron chi connectivity index (χ0n) is 16.6. The maximum Gasteiger partial charge on any atom is 0.269 e. The van der Waals surface area contributed by atoms with Crippen LogP contribution < -0.4 is 5.56 Å². The van der Waals surface area contributed by atoms with Gasteiger partial charge in [0.1, 0.15) is 5.82 Å². The van der Waals surface area contributed by atoms with Crippen LogP contribution in [-0.4, -0.2) is 14.5 Å². The number of hydrogen-bond acceptors (Lipinski definition) is 4. The van der Waals surface area contributed by atoms with E-state index >= 15 is 0 Å². The van der Waals surface area contributed by atoms with Crippen LogP contribution >= 0.6 is 0 Å². The molecule has 0 atom stereocenters. The predicted molar refractivity (Wildman–Crippen MR) is 119 cm³/mol. The third-order valence-electron chi connectivity index (χ3n) is 5.08. The Bertz CT molecular complexity index is 1350. The topological polar surface area (TPSA) is 78.0 Å². The molecule has 0 fully saturated rings. The summed E-state index contributed by atoms with van der Waals surface area (Å²) in [7, 11) is 0. The van der Waals surface area contributed by atoms with Gasteiger partial charge in [0, 0.05) is 12.1 Å². The van der Waals surface area contributed by atoms with Gasteiger partial charge in [-0.3, -0.25) is 19.5 Å². The first-order chi connectivity index (χ1) is 14.4. The maximum absolute atomic E-state index is 13.3. The number of benzene rings is 3. The number of non-ortho nitro benzene ring substituents is 1. The zero-order chi connectivity index (χ0) is 21.3. The van der Waals surface area contributed by atoms with Crippen LogP contribution in [0.2, 0.25) is 0 Å². The summed E-state index contributed by atoms with van der Waals surface area (Å²) in [4.78, 5) is 28.4. The monoisotopic (exact) mass is 397 g/mol. The van der Waals surface area contributed by atoms with Crippen LogP contribution in [0.15, 0.2) is 71.5 Å². The molecule has 0 aliphatic rings. The van der Waals surface area contributed by atoms with Gasteiger partial charge in [-0.25, -0.2) is 4.98 Å². The molecule has 0 saturated carbocycles. The second kappa shape index (κ2) is 7.75. The highest BCUT2D eigenvalue weighted by atomic mass is 16.6. The van der Waals surface area contributed by atoms with Gasteiger partial charge in [-0.15, -0.1) is 0 Å². The van der Waals surface area contributed by atoms with Crippen LogP contribution in [0.5, 0.6) is 0 Å². The highest BCUT2D eigenvalue weighted by Crippen LogP contribution is 2.19. The number of nitro benzene ring substituents is 1. The third-order valence-corrected chi connectivity index (χ3v) is 5.08. The van der Waals surface area contributed by atoms with Gasteiger partial charge < -0.3 is 0 Å². The molecule has 0 unspecified atom stereocenters. The molecule has 6 heteroatoms. The lowest BCUT2D eigenvalue weighted by molar-refractivity contribution is -0.384. The highest BCUT2D eigenvalue weighted by Gasteiger charge is 2.12. The Morgan fingerprint density at radius 1 is 0.933 bits per heavy atom. The molecule has 0 spiro atoms. The van der Waals surface area contributed by atoms with Crippen molar-refractivity contribution < 1.29 is 4.92 Å². The molecule has 0 aliphatic heterocycles. The molecule has 0 aliphatic carbocycles. The molecule has 0 bridgehead atoms. The van der Waals surface area contributed by atoms with Crippen molar-refractivity contribution in [2.75, 3.05) is 0 Å². The van der Waals surface area contributed by atoms with Gasteiger partial charge in [0.05, 0.1) is 21.5 Å². The fraction of sp³-hybridized carbons (Fsp3) is 0.0833. The summed E-state index contributed by atoms with van der Waals surface area (Å²) in [6, 6.07) is 19.3. The average Bonchev–Trinajstić information content (AvgIpc) is 2.75. The normalized spacial score (nSPS) is 11.3. The summed E-state index contributed by atoms with van der Waals surface area (Å²) in [6.45, 7) is 4.03. The second-order valence-corrected chi connectivity index (χ2v) is 7.08. The number of rotatable bonds is 4. The molecule has 1 aromatic heterocycles. The Morgan fingerprint density at radius 3 is 2.37 bits per heavy atom. The number of para-hydroxylation sites is 1. The van der Waals surface area contributed by atoms with Crippen molar-refractivity contribution in [1.82, 2.24) is 9.55 Å². The van der Waals surface area contributed by atoms with E-state index in [1.54, 1.807) is 34.9 Å². The molecule has 1 heterocycles. The number of hydrogen-bond donors (Lipinski definition) is 0. The molecular formula is C24H19N3O3. The van der Waals surface area contributed by atoms with Crippen LogP contribution in [-0.2, 0) is 0 Å². The van der Waals surface area contributed by atoms with E-state index in [2.05, 4.69) is 0 Å². The number of nitrogens with zero attached hydrogens (tertiary/aromatic N) is 3. The molecule has 4 rings (SSSR count). The number of aromatic nitrogens is 2. The Kier molecular flexibility index (Phi) is 4.98. The molecule has 0 radical (unpaired) electrons. The standard InChI is InChI=1S/C24H19N3O3/c1-16-7-11-20(15-17(16)2)26-23(25-22-6-4-3-5-21(22)24(26)28)14-10-18-8-12-19(13-9-18)27(29)30/h3-15H,1-2H3/b14-10+. The minimum Gasteiger partial charge on any atom is -0.268 e. The molecule has 148 valence electrons. The van der Waals surface area contributed by atoms with Crippen molar-refractivity contribution in [2.45, 2.75) is 13.8 Å². The van der Waals surface area contributed by atoms with E-state index in [-0.39, 0.29) is 11.2 Å². The van der Waals surface area contributed by atoms with Gasteiger partial charge in [-0.1, -0.05) is 24.3 Å². The van der Waals surface area contributed by atoms with Crippen molar-refractivity contribution in [1.29, 1.82) is 0 Å². The zero-order valence-corrected chi connectivity index (χ0v) is 16.6. The molecule has 0 N–H and O–H groups in total. The van der Waals surface area contributed by atoms with Gasteiger partial charge >= 0.3 is 0 Å². The molecule has 3 aromatic carbocycles. The smallest absolute Gasteiger partial charge is 0.268 e. The Hall–Kier alpha value is -4.06. The van der Waals surface area contributed by atoms with E-state index < -0.39 is 4.92 Å².